The molecule has 1 heterocycles. The average Bonchev–Trinajstić information content (AvgIpc) is 2.73. The molecule has 1 aliphatic heterocycles. The maximum absolute atomic E-state index is 13.7. The van der Waals surface area contributed by atoms with Gasteiger partial charge in [-0.3, -0.25) is 9.69 Å². The number of halogens is 1. The molecule has 0 spiro atoms. The van der Waals surface area contributed by atoms with Crippen LogP contribution in [0.3, 0.4) is 0 Å². The predicted octanol–water partition coefficient (Wildman–Crippen LogP) is 3.04. The largest absolute Gasteiger partial charge is 0.497 e. The van der Waals surface area contributed by atoms with Crippen molar-refractivity contribution >= 4 is 12.0 Å². The van der Waals surface area contributed by atoms with Gasteiger partial charge in [0.15, 0.2) is 0 Å². The average molecular weight is 384 g/mol. The standard InChI is InChI=1S/C22H25FN2O3/c1-27-19-9-6-18(7-10-19)21(16-25-12-14-28-15-13-25)24-22(26)11-8-17-4-2-3-5-20(17)23/h2-11,21H,12-16H2,1H3,(H,24,26)/b11-8+/t21-/m0/s1. The van der Waals surface area contributed by atoms with Crippen molar-refractivity contribution in [2.24, 2.45) is 0 Å². The van der Waals surface area contributed by atoms with Crippen LogP contribution in [0.15, 0.2) is 54.6 Å². The van der Waals surface area contributed by atoms with Crippen LogP contribution in [0.25, 0.3) is 6.08 Å². The number of amides is 1. The van der Waals surface area contributed by atoms with Crippen molar-refractivity contribution in [1.29, 1.82) is 0 Å². The molecule has 0 saturated carbocycles. The molecule has 0 radical (unpaired) electrons. The molecule has 0 bridgehead atoms. The van der Waals surface area contributed by atoms with Gasteiger partial charge in [0.2, 0.25) is 5.91 Å². The summed E-state index contributed by atoms with van der Waals surface area (Å²) in [5.41, 5.74) is 1.37. The zero-order chi connectivity index (χ0) is 19.8. The number of hydrogen-bond donors (Lipinski definition) is 1. The van der Waals surface area contributed by atoms with Crippen molar-refractivity contribution < 1.29 is 18.7 Å². The van der Waals surface area contributed by atoms with Gasteiger partial charge < -0.3 is 14.8 Å². The second kappa shape index (κ2) is 10.0. The van der Waals surface area contributed by atoms with E-state index in [1.807, 2.05) is 24.3 Å². The molecule has 2 aromatic rings. The predicted molar refractivity (Wildman–Crippen MR) is 107 cm³/mol. The molecule has 0 aliphatic carbocycles. The minimum Gasteiger partial charge on any atom is -0.497 e. The van der Waals surface area contributed by atoms with Crippen LogP contribution in [0.5, 0.6) is 5.75 Å². The first-order valence-electron chi connectivity index (χ1n) is 9.33. The molecular weight excluding hydrogens is 359 g/mol. The summed E-state index contributed by atoms with van der Waals surface area (Å²) in [4.78, 5) is 14.8. The van der Waals surface area contributed by atoms with Gasteiger partial charge in [0, 0.05) is 31.3 Å². The number of hydrogen-bond acceptors (Lipinski definition) is 4. The fraction of sp³-hybridized carbons (Fsp3) is 0.318. The van der Waals surface area contributed by atoms with E-state index in [0.717, 1.165) is 24.4 Å². The second-order valence-corrected chi connectivity index (χ2v) is 6.60. The van der Waals surface area contributed by atoms with Crippen molar-refractivity contribution in [3.05, 3.63) is 71.6 Å². The number of nitrogens with zero attached hydrogens (tertiary/aromatic N) is 1. The second-order valence-electron chi connectivity index (χ2n) is 6.60. The molecule has 1 atom stereocenters. The zero-order valence-electron chi connectivity index (χ0n) is 15.9. The van der Waals surface area contributed by atoms with Crippen LogP contribution in [0, 0.1) is 5.82 Å². The molecule has 28 heavy (non-hydrogen) atoms. The third kappa shape index (κ3) is 5.65. The smallest absolute Gasteiger partial charge is 0.244 e. The highest BCUT2D eigenvalue weighted by atomic mass is 19.1. The summed E-state index contributed by atoms with van der Waals surface area (Å²) in [5, 5.41) is 3.04. The molecule has 1 fully saturated rings. The number of morpholine rings is 1. The maximum Gasteiger partial charge on any atom is 0.244 e. The van der Waals surface area contributed by atoms with Crippen molar-refractivity contribution in [2.75, 3.05) is 40.0 Å². The van der Waals surface area contributed by atoms with E-state index in [4.69, 9.17) is 9.47 Å². The van der Waals surface area contributed by atoms with E-state index in [1.54, 1.807) is 25.3 Å². The van der Waals surface area contributed by atoms with Crippen LogP contribution < -0.4 is 10.1 Å². The quantitative estimate of drug-likeness (QED) is 0.746. The van der Waals surface area contributed by atoms with Crippen LogP contribution in [0.1, 0.15) is 17.2 Å². The lowest BCUT2D eigenvalue weighted by Gasteiger charge is -2.31. The first-order valence-corrected chi connectivity index (χ1v) is 9.33. The molecule has 5 nitrogen and oxygen atoms in total. The van der Waals surface area contributed by atoms with E-state index in [-0.39, 0.29) is 17.8 Å². The van der Waals surface area contributed by atoms with E-state index in [2.05, 4.69) is 10.2 Å². The van der Waals surface area contributed by atoms with Crippen molar-refractivity contribution in [1.82, 2.24) is 10.2 Å². The third-order valence-electron chi connectivity index (χ3n) is 4.70. The lowest BCUT2D eigenvalue weighted by atomic mass is 10.1. The Labute approximate surface area is 164 Å². The van der Waals surface area contributed by atoms with Gasteiger partial charge in [0.25, 0.3) is 0 Å². The molecule has 1 aliphatic rings. The Hall–Kier alpha value is -2.70. The zero-order valence-corrected chi connectivity index (χ0v) is 15.9. The number of benzene rings is 2. The van der Waals surface area contributed by atoms with Crippen molar-refractivity contribution in [3.8, 4) is 5.75 Å². The lowest BCUT2D eigenvalue weighted by molar-refractivity contribution is -0.117. The first-order chi connectivity index (χ1) is 13.7. The SMILES string of the molecule is COc1ccc([C@H](CN2CCOCC2)NC(=O)/C=C/c2ccccc2F)cc1. The van der Waals surface area contributed by atoms with Crippen LogP contribution >= 0.6 is 0 Å². The topological polar surface area (TPSA) is 50.8 Å². The Balaban J connectivity index is 1.71. The molecule has 6 heteroatoms. The number of methoxy groups -OCH3 is 1. The highest BCUT2D eigenvalue weighted by Gasteiger charge is 2.19. The Morgan fingerprint density at radius 1 is 1.21 bits per heavy atom. The van der Waals surface area contributed by atoms with Crippen molar-refractivity contribution in [2.45, 2.75) is 6.04 Å². The highest BCUT2D eigenvalue weighted by Crippen LogP contribution is 2.19. The molecule has 1 amide bonds. The molecule has 148 valence electrons. The monoisotopic (exact) mass is 384 g/mol. The van der Waals surface area contributed by atoms with Crippen LogP contribution in [-0.2, 0) is 9.53 Å². The third-order valence-corrected chi connectivity index (χ3v) is 4.70. The minimum atomic E-state index is -0.355. The van der Waals surface area contributed by atoms with E-state index < -0.39 is 0 Å². The molecule has 0 aromatic heterocycles. The van der Waals surface area contributed by atoms with Gasteiger partial charge >= 0.3 is 0 Å². The summed E-state index contributed by atoms with van der Waals surface area (Å²) in [6.45, 7) is 3.71. The number of ether oxygens (including phenoxy) is 2. The van der Waals surface area contributed by atoms with E-state index in [9.17, 15) is 9.18 Å². The van der Waals surface area contributed by atoms with Gasteiger partial charge in [-0.25, -0.2) is 4.39 Å². The maximum atomic E-state index is 13.7. The first kappa shape index (κ1) is 20.0. The van der Waals surface area contributed by atoms with E-state index in [1.165, 1.54) is 18.2 Å². The Kier molecular flexibility index (Phi) is 7.17. The van der Waals surface area contributed by atoms with Gasteiger partial charge in [-0.15, -0.1) is 0 Å². The Morgan fingerprint density at radius 2 is 1.93 bits per heavy atom. The molecular formula is C22H25FN2O3. The summed E-state index contributed by atoms with van der Waals surface area (Å²) >= 11 is 0. The van der Waals surface area contributed by atoms with Gasteiger partial charge in [-0.2, -0.15) is 0 Å². The van der Waals surface area contributed by atoms with E-state index in [0.29, 0.717) is 25.3 Å². The van der Waals surface area contributed by atoms with Gasteiger partial charge in [0.1, 0.15) is 11.6 Å². The lowest BCUT2D eigenvalue weighted by Crippen LogP contribution is -2.42. The van der Waals surface area contributed by atoms with Crippen molar-refractivity contribution in [3.63, 3.8) is 0 Å². The summed E-state index contributed by atoms with van der Waals surface area (Å²) in [5.74, 6) is 0.142. The van der Waals surface area contributed by atoms with Crippen LogP contribution in [-0.4, -0.2) is 50.8 Å². The molecule has 1 saturated heterocycles. The van der Waals surface area contributed by atoms with Crippen LogP contribution in [0.4, 0.5) is 4.39 Å². The minimum absolute atomic E-state index is 0.193. The summed E-state index contributed by atoms with van der Waals surface area (Å²) < 4.78 is 24.4. The number of carbonyl (C=O) groups is 1. The number of rotatable bonds is 7. The van der Waals surface area contributed by atoms with Gasteiger partial charge in [-0.05, 0) is 29.8 Å². The summed E-state index contributed by atoms with van der Waals surface area (Å²) in [7, 11) is 1.62. The van der Waals surface area contributed by atoms with Crippen LogP contribution in [0.2, 0.25) is 0 Å². The summed E-state index contributed by atoms with van der Waals surface area (Å²) in [6.07, 6.45) is 2.86. The van der Waals surface area contributed by atoms with E-state index >= 15 is 0 Å². The fourth-order valence-electron chi connectivity index (χ4n) is 3.11. The molecule has 3 rings (SSSR count). The Morgan fingerprint density at radius 3 is 2.61 bits per heavy atom. The normalized spacial score (nSPS) is 16.1. The number of nitrogens with one attached hydrogen (secondary N) is 1. The number of carbonyl (C=O) groups excluding carboxylic acids is 1. The molecule has 0 unspecified atom stereocenters. The highest BCUT2D eigenvalue weighted by molar-refractivity contribution is 5.92. The summed E-state index contributed by atoms with van der Waals surface area (Å²) in [6, 6.07) is 13.8. The Bertz CT molecular complexity index is 802. The molecule has 2 aromatic carbocycles. The molecule has 1 N–H and O–H groups in total. The van der Waals surface area contributed by atoms with Gasteiger partial charge in [-0.1, -0.05) is 30.3 Å². The fourth-order valence-corrected chi connectivity index (χ4v) is 3.11. The van der Waals surface area contributed by atoms with Gasteiger partial charge in [0.05, 0.1) is 26.4 Å².